The molecule has 0 saturated carbocycles. The molecular weight excluding hydrogens is 474 g/mol. The predicted octanol–water partition coefficient (Wildman–Crippen LogP) is 4.48. The van der Waals surface area contributed by atoms with Crippen LogP contribution in [0.2, 0.25) is 5.02 Å². The van der Waals surface area contributed by atoms with Crippen molar-refractivity contribution in [1.82, 2.24) is 9.80 Å². The van der Waals surface area contributed by atoms with Crippen LogP contribution in [0.5, 0.6) is 0 Å². The summed E-state index contributed by atoms with van der Waals surface area (Å²) in [4.78, 5) is 27.2. The minimum Gasteiger partial charge on any atom is -0.358 e. The van der Waals surface area contributed by atoms with Crippen molar-refractivity contribution in [3.63, 3.8) is 0 Å². The van der Waals surface area contributed by atoms with E-state index in [1.165, 1.54) is 23.8 Å². The van der Waals surface area contributed by atoms with Gasteiger partial charge in [0.15, 0.2) is 0 Å². The Morgan fingerprint density at radius 3 is 2.67 bits per heavy atom. The lowest BCUT2D eigenvalue weighted by Gasteiger charge is -2.38. The predicted molar refractivity (Wildman–Crippen MR) is 116 cm³/mol. The van der Waals surface area contributed by atoms with Gasteiger partial charge < -0.3 is 9.64 Å². The maximum absolute atomic E-state index is 12.9. The highest BCUT2D eigenvalue weighted by atomic mass is 79.9. The summed E-state index contributed by atoms with van der Waals surface area (Å²) in [6.07, 6.45) is 1.50. The Morgan fingerprint density at radius 2 is 2.00 bits per heavy atom. The Bertz CT molecular complexity index is 978. The van der Waals surface area contributed by atoms with Crippen LogP contribution in [0, 0.1) is 10.1 Å². The molecule has 1 amide bonds. The normalized spacial score (nSPS) is 18.7. The third kappa shape index (κ3) is 4.51. The zero-order chi connectivity index (χ0) is 21.3. The number of nitro groups is 1. The van der Waals surface area contributed by atoms with Gasteiger partial charge in [0.25, 0.3) is 11.6 Å². The van der Waals surface area contributed by atoms with Crippen molar-refractivity contribution in [2.24, 2.45) is 0 Å². The molecule has 1 spiro atoms. The van der Waals surface area contributed by atoms with Crippen LogP contribution in [0.4, 0.5) is 5.69 Å². The van der Waals surface area contributed by atoms with Gasteiger partial charge in [0.05, 0.1) is 21.1 Å². The second-order valence-electron chi connectivity index (χ2n) is 7.79. The third-order valence-electron chi connectivity index (χ3n) is 5.72. The van der Waals surface area contributed by atoms with Gasteiger partial charge in [-0.25, -0.2) is 0 Å². The summed E-state index contributed by atoms with van der Waals surface area (Å²) in [5.74, 6) is -0.200. The Morgan fingerprint density at radius 1 is 1.23 bits per heavy atom. The number of carbonyl (C=O) groups is 1. The molecular formula is C21H21BrClN3O4. The summed E-state index contributed by atoms with van der Waals surface area (Å²) in [7, 11) is 0. The molecule has 9 heteroatoms. The van der Waals surface area contributed by atoms with Crippen LogP contribution in [0.3, 0.4) is 0 Å². The average molecular weight is 495 g/mol. The van der Waals surface area contributed by atoms with Gasteiger partial charge in [-0.3, -0.25) is 19.8 Å². The largest absolute Gasteiger partial charge is 0.358 e. The Labute approximate surface area is 187 Å². The molecule has 2 aliphatic rings. The highest BCUT2D eigenvalue weighted by Gasteiger charge is 2.42. The number of ether oxygens (including phenoxy) is 1. The molecule has 158 valence electrons. The molecule has 2 aliphatic heterocycles. The molecule has 0 aromatic heterocycles. The first-order chi connectivity index (χ1) is 14.3. The minimum absolute atomic E-state index is 0.104. The van der Waals surface area contributed by atoms with E-state index in [0.29, 0.717) is 25.4 Å². The van der Waals surface area contributed by atoms with E-state index in [9.17, 15) is 14.9 Å². The molecule has 0 atom stereocenters. The highest BCUT2D eigenvalue weighted by molar-refractivity contribution is 9.10. The van der Waals surface area contributed by atoms with Gasteiger partial charge in [0.2, 0.25) is 0 Å². The van der Waals surface area contributed by atoms with Crippen molar-refractivity contribution in [3.05, 3.63) is 73.2 Å². The van der Waals surface area contributed by atoms with Gasteiger partial charge in [0.1, 0.15) is 6.73 Å². The van der Waals surface area contributed by atoms with E-state index in [1.54, 1.807) is 4.90 Å². The number of nitrogens with zero attached hydrogens (tertiary/aromatic N) is 3. The van der Waals surface area contributed by atoms with Crippen molar-refractivity contribution in [2.45, 2.75) is 25.0 Å². The third-order valence-corrected chi connectivity index (χ3v) is 6.52. The fraction of sp³-hybridized carbons (Fsp3) is 0.381. The van der Waals surface area contributed by atoms with Crippen molar-refractivity contribution in [2.75, 3.05) is 26.4 Å². The second-order valence-corrected chi connectivity index (χ2v) is 9.11. The summed E-state index contributed by atoms with van der Waals surface area (Å²) in [5.41, 5.74) is 1.16. The van der Waals surface area contributed by atoms with Gasteiger partial charge in [-0.1, -0.05) is 39.7 Å². The standard InChI is InChI=1S/C21H21BrClN3O4/c22-16-3-1-2-15(10-16)12-24-13-21(30-14-24)6-8-25(9-7-21)20(27)18-5-4-17(26(28)29)11-19(18)23/h1-5,10-11H,6-9,12-14H2. The minimum atomic E-state index is -0.526. The van der Waals surface area contributed by atoms with Gasteiger partial charge in [0, 0.05) is 42.8 Å². The topological polar surface area (TPSA) is 75.9 Å². The molecule has 2 fully saturated rings. The first kappa shape index (κ1) is 21.2. The van der Waals surface area contributed by atoms with Crippen molar-refractivity contribution in [3.8, 4) is 0 Å². The fourth-order valence-corrected chi connectivity index (χ4v) is 4.81. The summed E-state index contributed by atoms with van der Waals surface area (Å²) >= 11 is 9.64. The monoisotopic (exact) mass is 493 g/mol. The number of carbonyl (C=O) groups excluding carboxylic acids is 1. The number of benzene rings is 2. The number of likely N-dealkylation sites (tertiary alicyclic amines) is 1. The smallest absolute Gasteiger partial charge is 0.270 e. The van der Waals surface area contributed by atoms with Crippen molar-refractivity contribution < 1.29 is 14.5 Å². The summed E-state index contributed by atoms with van der Waals surface area (Å²) in [5, 5.41) is 11.0. The van der Waals surface area contributed by atoms with E-state index in [2.05, 4.69) is 33.0 Å². The van der Waals surface area contributed by atoms with Crippen molar-refractivity contribution >= 4 is 39.1 Å². The van der Waals surface area contributed by atoms with Gasteiger partial charge in [-0.15, -0.1) is 0 Å². The average Bonchev–Trinajstić information content (AvgIpc) is 3.10. The summed E-state index contributed by atoms with van der Waals surface area (Å²) < 4.78 is 7.23. The van der Waals surface area contributed by atoms with Gasteiger partial charge in [-0.2, -0.15) is 0 Å². The van der Waals surface area contributed by atoms with E-state index < -0.39 is 4.92 Å². The van der Waals surface area contributed by atoms with Crippen LogP contribution in [0.25, 0.3) is 0 Å². The Kier molecular flexibility index (Phi) is 6.11. The maximum Gasteiger partial charge on any atom is 0.270 e. The van der Waals surface area contributed by atoms with Crippen LogP contribution in [-0.2, 0) is 11.3 Å². The first-order valence-corrected chi connectivity index (χ1v) is 10.9. The molecule has 0 unspecified atom stereocenters. The lowest BCUT2D eigenvalue weighted by molar-refractivity contribution is -0.384. The quantitative estimate of drug-likeness (QED) is 0.463. The molecule has 0 aliphatic carbocycles. The van der Waals surface area contributed by atoms with Crippen LogP contribution in [-0.4, -0.2) is 52.6 Å². The molecule has 2 aromatic rings. The van der Waals surface area contributed by atoms with Crippen LogP contribution in [0.1, 0.15) is 28.8 Å². The molecule has 2 heterocycles. The number of hydrogen-bond donors (Lipinski definition) is 0. The molecule has 0 N–H and O–H groups in total. The molecule has 30 heavy (non-hydrogen) atoms. The van der Waals surface area contributed by atoms with Gasteiger partial charge >= 0.3 is 0 Å². The zero-order valence-corrected chi connectivity index (χ0v) is 18.6. The van der Waals surface area contributed by atoms with E-state index in [0.717, 1.165) is 30.4 Å². The van der Waals surface area contributed by atoms with E-state index >= 15 is 0 Å². The van der Waals surface area contributed by atoms with E-state index in [-0.39, 0.29) is 22.2 Å². The van der Waals surface area contributed by atoms with E-state index in [1.807, 2.05) is 12.1 Å². The number of piperidine rings is 1. The lowest BCUT2D eigenvalue weighted by Crippen LogP contribution is -2.48. The molecule has 4 rings (SSSR count). The Balaban J connectivity index is 1.36. The number of nitro benzene ring substituents is 1. The van der Waals surface area contributed by atoms with Gasteiger partial charge in [-0.05, 0) is 36.6 Å². The maximum atomic E-state index is 12.9. The number of rotatable bonds is 4. The Hall–Kier alpha value is -2.00. The lowest BCUT2D eigenvalue weighted by atomic mass is 9.91. The molecule has 7 nitrogen and oxygen atoms in total. The van der Waals surface area contributed by atoms with E-state index in [4.69, 9.17) is 16.3 Å². The SMILES string of the molecule is O=C(c1ccc([N+](=O)[O-])cc1Cl)N1CCC2(CC1)CN(Cc1cccc(Br)c1)CO2. The molecule has 2 aromatic carbocycles. The summed E-state index contributed by atoms with van der Waals surface area (Å²) in [6, 6.07) is 12.2. The number of amides is 1. The van der Waals surface area contributed by atoms with Crippen molar-refractivity contribution in [1.29, 1.82) is 0 Å². The second kappa shape index (κ2) is 8.63. The number of non-ortho nitro benzene ring substituents is 1. The fourth-order valence-electron chi connectivity index (χ4n) is 4.10. The summed E-state index contributed by atoms with van der Waals surface area (Å²) in [6.45, 7) is 3.37. The molecule has 2 saturated heterocycles. The number of hydrogen-bond acceptors (Lipinski definition) is 5. The first-order valence-electron chi connectivity index (χ1n) is 9.69. The number of halogens is 2. The van der Waals surface area contributed by atoms with Crippen LogP contribution in [0.15, 0.2) is 46.9 Å². The highest BCUT2D eigenvalue weighted by Crippen LogP contribution is 2.34. The zero-order valence-electron chi connectivity index (χ0n) is 16.2. The molecule has 0 bridgehead atoms. The van der Waals surface area contributed by atoms with Crippen LogP contribution >= 0.6 is 27.5 Å². The molecule has 0 radical (unpaired) electrons. The van der Waals surface area contributed by atoms with Crippen LogP contribution < -0.4 is 0 Å².